The van der Waals surface area contributed by atoms with E-state index in [1.165, 1.54) is 0 Å². The zero-order valence-corrected chi connectivity index (χ0v) is 13.9. The van der Waals surface area contributed by atoms with Gasteiger partial charge in [-0.15, -0.1) is 0 Å². The monoisotopic (exact) mass is 338 g/mol. The zero-order chi connectivity index (χ0) is 17.8. The number of carbonyl (C=O) groups is 1. The van der Waals surface area contributed by atoms with Crippen LogP contribution in [0.1, 0.15) is 16.1 Å². The summed E-state index contributed by atoms with van der Waals surface area (Å²) in [5.74, 6) is 0.530. The number of benzene rings is 1. The molecule has 0 fully saturated rings. The first kappa shape index (κ1) is 16.4. The van der Waals surface area contributed by atoms with Crippen LogP contribution in [-0.2, 0) is 6.54 Å². The predicted octanol–water partition coefficient (Wildman–Crippen LogP) is 1.89. The normalized spacial score (nSPS) is 10.5. The van der Waals surface area contributed by atoms with Gasteiger partial charge in [-0.25, -0.2) is 9.97 Å². The van der Waals surface area contributed by atoms with Gasteiger partial charge in [-0.1, -0.05) is 0 Å². The second kappa shape index (κ2) is 7.00. The number of carbonyl (C=O) groups excluding carboxylic acids is 1. The summed E-state index contributed by atoms with van der Waals surface area (Å²) in [5, 5.41) is 19.1. The molecule has 0 spiro atoms. The van der Waals surface area contributed by atoms with Gasteiger partial charge >= 0.3 is 0 Å². The van der Waals surface area contributed by atoms with Crippen LogP contribution in [0, 0.1) is 0 Å². The molecule has 2 aromatic heterocycles. The molecule has 0 saturated carbocycles. The Morgan fingerprint density at radius 2 is 1.92 bits per heavy atom. The van der Waals surface area contributed by atoms with Crippen LogP contribution in [-0.4, -0.2) is 50.2 Å². The molecular formula is C17H18N6O2. The topological polar surface area (TPSA) is 107 Å². The van der Waals surface area contributed by atoms with Crippen molar-refractivity contribution in [3.8, 4) is 17.0 Å². The minimum absolute atomic E-state index is 0.182. The number of nitrogens with zero attached hydrogens (tertiary/aromatic N) is 4. The van der Waals surface area contributed by atoms with E-state index in [1.54, 1.807) is 61.7 Å². The first-order chi connectivity index (χ1) is 12.1. The average Bonchev–Trinajstić information content (AvgIpc) is 3.12. The largest absolute Gasteiger partial charge is 0.508 e. The van der Waals surface area contributed by atoms with Gasteiger partial charge in [0.1, 0.15) is 11.4 Å². The number of aromatic hydroxyl groups is 1. The smallest absolute Gasteiger partial charge is 0.271 e. The van der Waals surface area contributed by atoms with Crippen molar-refractivity contribution in [1.29, 1.82) is 0 Å². The molecule has 0 aliphatic rings. The summed E-state index contributed by atoms with van der Waals surface area (Å²) in [6, 6.07) is 8.32. The number of amides is 1. The van der Waals surface area contributed by atoms with Crippen molar-refractivity contribution >= 4 is 11.9 Å². The molecule has 0 atom stereocenters. The molecule has 0 saturated heterocycles. The van der Waals surface area contributed by atoms with Crippen molar-refractivity contribution < 1.29 is 9.90 Å². The molecule has 0 bridgehead atoms. The van der Waals surface area contributed by atoms with E-state index >= 15 is 0 Å². The predicted molar refractivity (Wildman–Crippen MR) is 93.1 cm³/mol. The Balaban J connectivity index is 1.70. The summed E-state index contributed by atoms with van der Waals surface area (Å²) < 4.78 is 0. The highest BCUT2D eigenvalue weighted by atomic mass is 16.3. The lowest BCUT2D eigenvalue weighted by molar-refractivity contribution is 0.0779. The van der Waals surface area contributed by atoms with E-state index in [1.807, 2.05) is 0 Å². The molecule has 0 unspecified atom stereocenters. The van der Waals surface area contributed by atoms with Gasteiger partial charge in [0, 0.05) is 44.2 Å². The molecule has 1 aromatic carbocycles. The highest BCUT2D eigenvalue weighted by molar-refractivity contribution is 5.93. The Morgan fingerprint density at radius 1 is 1.24 bits per heavy atom. The van der Waals surface area contributed by atoms with Crippen molar-refractivity contribution in [1.82, 2.24) is 25.1 Å². The van der Waals surface area contributed by atoms with Gasteiger partial charge in [-0.05, 0) is 30.3 Å². The van der Waals surface area contributed by atoms with Crippen LogP contribution in [0.5, 0.6) is 5.75 Å². The average molecular weight is 338 g/mol. The molecule has 3 aromatic rings. The van der Waals surface area contributed by atoms with E-state index in [9.17, 15) is 9.90 Å². The lowest BCUT2D eigenvalue weighted by atomic mass is 10.1. The number of anilines is 1. The molecule has 8 nitrogen and oxygen atoms in total. The van der Waals surface area contributed by atoms with Gasteiger partial charge in [0.25, 0.3) is 5.91 Å². The van der Waals surface area contributed by atoms with Crippen molar-refractivity contribution in [2.24, 2.45) is 0 Å². The van der Waals surface area contributed by atoms with Crippen LogP contribution in [0.25, 0.3) is 11.3 Å². The summed E-state index contributed by atoms with van der Waals surface area (Å²) in [4.78, 5) is 22.4. The molecule has 25 heavy (non-hydrogen) atoms. The van der Waals surface area contributed by atoms with Gasteiger partial charge in [-0.3, -0.25) is 9.89 Å². The van der Waals surface area contributed by atoms with Crippen molar-refractivity contribution in [3.63, 3.8) is 0 Å². The summed E-state index contributed by atoms with van der Waals surface area (Å²) in [7, 11) is 3.45. The molecule has 0 radical (unpaired) electrons. The molecular weight excluding hydrogens is 320 g/mol. The lowest BCUT2D eigenvalue weighted by Crippen LogP contribution is -2.26. The third kappa shape index (κ3) is 3.74. The van der Waals surface area contributed by atoms with Crippen molar-refractivity contribution in [2.75, 3.05) is 19.4 Å². The van der Waals surface area contributed by atoms with Crippen molar-refractivity contribution in [2.45, 2.75) is 6.54 Å². The van der Waals surface area contributed by atoms with E-state index in [0.717, 1.165) is 11.1 Å². The van der Waals surface area contributed by atoms with Crippen LogP contribution in [0.3, 0.4) is 0 Å². The molecule has 0 aliphatic carbocycles. The van der Waals surface area contributed by atoms with E-state index in [2.05, 4.69) is 25.5 Å². The standard InChI is InChI=1S/C17H18N6O2/c1-18-17-19-8-11(9-20-17)10-23(2)16(25)15-7-14(21-22-15)12-3-5-13(24)6-4-12/h3-9,24H,10H2,1-2H3,(H,21,22)(H,18,19,20). The maximum atomic E-state index is 12.5. The molecule has 3 N–H and O–H groups in total. The molecule has 2 heterocycles. The van der Waals surface area contributed by atoms with Crippen LogP contribution in [0.15, 0.2) is 42.7 Å². The second-order valence-electron chi connectivity index (χ2n) is 5.54. The maximum Gasteiger partial charge on any atom is 0.271 e. The van der Waals surface area contributed by atoms with E-state index in [0.29, 0.717) is 23.9 Å². The number of phenolic OH excluding ortho intramolecular Hbond substituents is 1. The van der Waals surface area contributed by atoms with Gasteiger partial charge in [-0.2, -0.15) is 5.10 Å². The minimum Gasteiger partial charge on any atom is -0.508 e. The number of aromatic amines is 1. The van der Waals surface area contributed by atoms with Crippen molar-refractivity contribution in [3.05, 3.63) is 54.0 Å². The highest BCUT2D eigenvalue weighted by Gasteiger charge is 2.16. The minimum atomic E-state index is -0.185. The first-order valence-electron chi connectivity index (χ1n) is 7.66. The Bertz CT molecular complexity index is 858. The molecule has 8 heteroatoms. The summed E-state index contributed by atoms with van der Waals surface area (Å²) >= 11 is 0. The molecule has 1 amide bonds. The van der Waals surface area contributed by atoms with Gasteiger partial charge < -0.3 is 15.3 Å². The van der Waals surface area contributed by atoms with Crippen LogP contribution < -0.4 is 5.32 Å². The zero-order valence-electron chi connectivity index (χ0n) is 13.9. The lowest BCUT2D eigenvalue weighted by Gasteiger charge is -2.15. The Morgan fingerprint density at radius 3 is 2.56 bits per heavy atom. The molecule has 0 aliphatic heterocycles. The van der Waals surface area contributed by atoms with Gasteiger partial charge in [0.2, 0.25) is 5.95 Å². The quantitative estimate of drug-likeness (QED) is 0.656. The summed E-state index contributed by atoms with van der Waals surface area (Å²) in [6.45, 7) is 0.385. The third-order valence-corrected chi connectivity index (χ3v) is 3.67. The number of hydrogen-bond acceptors (Lipinski definition) is 6. The fraction of sp³-hybridized carbons (Fsp3) is 0.176. The number of aromatic nitrogens is 4. The molecule has 128 valence electrons. The second-order valence-corrected chi connectivity index (χ2v) is 5.54. The van der Waals surface area contributed by atoms with Crippen LogP contribution >= 0.6 is 0 Å². The first-order valence-corrected chi connectivity index (χ1v) is 7.66. The number of phenols is 1. The Labute approximate surface area is 144 Å². The number of rotatable bonds is 5. The number of H-pyrrole nitrogens is 1. The maximum absolute atomic E-state index is 12.5. The Kier molecular flexibility index (Phi) is 4.60. The fourth-order valence-electron chi connectivity index (χ4n) is 2.33. The SMILES string of the molecule is CNc1ncc(CN(C)C(=O)c2cc(-c3ccc(O)cc3)n[nH]2)cn1. The highest BCUT2D eigenvalue weighted by Crippen LogP contribution is 2.21. The summed E-state index contributed by atoms with van der Waals surface area (Å²) in [5.41, 5.74) is 2.66. The Hall–Kier alpha value is -3.42. The van der Waals surface area contributed by atoms with E-state index in [4.69, 9.17) is 0 Å². The van der Waals surface area contributed by atoms with E-state index in [-0.39, 0.29) is 11.7 Å². The molecule has 3 rings (SSSR count). The van der Waals surface area contributed by atoms with Gasteiger partial charge in [0.15, 0.2) is 0 Å². The van der Waals surface area contributed by atoms with Crippen LogP contribution in [0.2, 0.25) is 0 Å². The van der Waals surface area contributed by atoms with Crippen LogP contribution in [0.4, 0.5) is 5.95 Å². The number of nitrogens with one attached hydrogen (secondary N) is 2. The fourth-order valence-corrected chi connectivity index (χ4v) is 2.33. The van der Waals surface area contributed by atoms with E-state index < -0.39 is 0 Å². The van der Waals surface area contributed by atoms with Gasteiger partial charge in [0.05, 0.1) is 5.69 Å². The third-order valence-electron chi connectivity index (χ3n) is 3.67. The summed E-state index contributed by atoms with van der Waals surface area (Å²) in [6.07, 6.45) is 3.36. The number of hydrogen-bond donors (Lipinski definition) is 3.